The molecule has 0 fully saturated rings. The van der Waals surface area contributed by atoms with Gasteiger partial charge in [-0.15, -0.1) is 0 Å². The van der Waals surface area contributed by atoms with E-state index in [-0.39, 0.29) is 4.75 Å². The van der Waals surface area contributed by atoms with Gasteiger partial charge in [0.2, 0.25) is 0 Å². The van der Waals surface area contributed by atoms with Crippen molar-refractivity contribution < 1.29 is 0 Å². The van der Waals surface area contributed by atoms with E-state index in [1.807, 2.05) is 11.8 Å². The molecule has 0 saturated heterocycles. The van der Waals surface area contributed by atoms with Crippen LogP contribution in [-0.2, 0) is 0 Å². The van der Waals surface area contributed by atoms with Gasteiger partial charge in [0, 0.05) is 24.3 Å². The van der Waals surface area contributed by atoms with Crippen LogP contribution >= 0.6 is 11.8 Å². The van der Waals surface area contributed by atoms with Gasteiger partial charge in [-0.3, -0.25) is 0 Å². The highest BCUT2D eigenvalue weighted by atomic mass is 32.2. The Hall–Kier alpha value is -0.200. The smallest absolute Gasteiger partial charge is 0.0635 e. The summed E-state index contributed by atoms with van der Waals surface area (Å²) in [7, 11) is 0. The highest BCUT2D eigenvalue weighted by molar-refractivity contribution is 7.99. The first-order chi connectivity index (χ1) is 5.12. The highest BCUT2D eigenvalue weighted by Gasteiger charge is 2.13. The van der Waals surface area contributed by atoms with Crippen LogP contribution in [0.5, 0.6) is 0 Å². The van der Waals surface area contributed by atoms with Crippen molar-refractivity contribution in [2.75, 3.05) is 19.3 Å². The average Bonchev–Trinajstić information content (AvgIpc) is 1.99. The number of nitriles is 1. The maximum absolute atomic E-state index is 8.26. The van der Waals surface area contributed by atoms with Crippen LogP contribution < -0.4 is 5.32 Å². The molecule has 0 aliphatic carbocycles. The second-order valence-corrected chi connectivity index (χ2v) is 4.56. The molecule has 0 bridgehead atoms. The number of hydrogen-bond acceptors (Lipinski definition) is 3. The van der Waals surface area contributed by atoms with Gasteiger partial charge in [-0.25, -0.2) is 0 Å². The molecule has 0 spiro atoms. The topological polar surface area (TPSA) is 35.8 Å². The summed E-state index contributed by atoms with van der Waals surface area (Å²) in [5, 5.41) is 11.5. The van der Waals surface area contributed by atoms with Crippen LogP contribution in [0.1, 0.15) is 20.3 Å². The summed E-state index contributed by atoms with van der Waals surface area (Å²) < 4.78 is 0.287. The molecule has 0 saturated carbocycles. The quantitative estimate of drug-likeness (QED) is 0.640. The third kappa shape index (κ3) is 6.21. The van der Waals surface area contributed by atoms with E-state index in [1.165, 1.54) is 0 Å². The van der Waals surface area contributed by atoms with Gasteiger partial charge in [0.15, 0.2) is 0 Å². The van der Waals surface area contributed by atoms with Crippen molar-refractivity contribution in [3.05, 3.63) is 0 Å². The minimum Gasteiger partial charge on any atom is -0.314 e. The number of hydrogen-bond donors (Lipinski definition) is 1. The summed E-state index contributed by atoms with van der Waals surface area (Å²) in [6.07, 6.45) is 2.70. The van der Waals surface area contributed by atoms with Gasteiger partial charge in [0.05, 0.1) is 6.07 Å². The van der Waals surface area contributed by atoms with Gasteiger partial charge >= 0.3 is 0 Å². The predicted molar refractivity (Wildman–Crippen MR) is 50.7 cm³/mol. The van der Waals surface area contributed by atoms with Crippen LogP contribution in [0.15, 0.2) is 0 Å². The fraction of sp³-hybridized carbons (Fsp3) is 0.875. The van der Waals surface area contributed by atoms with E-state index in [0.29, 0.717) is 6.42 Å². The zero-order valence-corrected chi connectivity index (χ0v) is 8.29. The number of rotatable bonds is 5. The second kappa shape index (κ2) is 5.45. The molecule has 3 heteroatoms. The molecule has 0 rings (SSSR count). The molecule has 64 valence electrons. The summed E-state index contributed by atoms with van der Waals surface area (Å²) in [4.78, 5) is 0. The van der Waals surface area contributed by atoms with Crippen LogP contribution in [0.25, 0.3) is 0 Å². The minimum absolute atomic E-state index is 0.287. The van der Waals surface area contributed by atoms with Gasteiger partial charge in [0.25, 0.3) is 0 Å². The lowest BCUT2D eigenvalue weighted by atomic mass is 10.2. The Kier molecular flexibility index (Phi) is 5.35. The van der Waals surface area contributed by atoms with E-state index in [1.54, 1.807) is 0 Å². The third-order valence-electron chi connectivity index (χ3n) is 1.52. The molecular weight excluding hydrogens is 156 g/mol. The number of thioether (sulfide) groups is 1. The van der Waals surface area contributed by atoms with E-state index in [0.717, 1.165) is 13.1 Å². The first kappa shape index (κ1) is 10.8. The van der Waals surface area contributed by atoms with Crippen LogP contribution in [0.4, 0.5) is 0 Å². The van der Waals surface area contributed by atoms with Gasteiger partial charge in [-0.2, -0.15) is 17.0 Å². The average molecular weight is 172 g/mol. The predicted octanol–water partition coefficient (Wildman–Crippen LogP) is 1.63. The van der Waals surface area contributed by atoms with Gasteiger partial charge in [0.1, 0.15) is 0 Å². The molecule has 11 heavy (non-hydrogen) atoms. The van der Waals surface area contributed by atoms with Crippen LogP contribution in [0.2, 0.25) is 0 Å². The molecule has 0 aromatic carbocycles. The zero-order chi connectivity index (χ0) is 8.74. The summed E-state index contributed by atoms with van der Waals surface area (Å²) in [5.74, 6) is 0. The molecule has 0 aliphatic rings. The first-order valence-corrected chi connectivity index (χ1v) is 4.97. The molecule has 1 N–H and O–H groups in total. The fourth-order valence-corrected chi connectivity index (χ4v) is 0.852. The van der Waals surface area contributed by atoms with E-state index in [9.17, 15) is 0 Å². The van der Waals surface area contributed by atoms with Gasteiger partial charge in [-0.05, 0) is 20.1 Å². The summed E-state index contributed by atoms with van der Waals surface area (Å²) in [6, 6.07) is 2.10. The van der Waals surface area contributed by atoms with Crippen molar-refractivity contribution >= 4 is 11.8 Å². The molecule has 0 heterocycles. The Morgan fingerprint density at radius 1 is 1.55 bits per heavy atom. The van der Waals surface area contributed by atoms with Crippen molar-refractivity contribution in [1.29, 1.82) is 5.26 Å². The molecule has 0 aromatic rings. The van der Waals surface area contributed by atoms with E-state index in [4.69, 9.17) is 5.26 Å². The lowest BCUT2D eigenvalue weighted by Gasteiger charge is -2.21. The maximum atomic E-state index is 8.26. The van der Waals surface area contributed by atoms with Crippen molar-refractivity contribution in [2.24, 2.45) is 0 Å². The largest absolute Gasteiger partial charge is 0.314 e. The molecule has 0 aliphatic heterocycles. The molecule has 0 unspecified atom stereocenters. The van der Waals surface area contributed by atoms with Gasteiger partial charge in [-0.1, -0.05) is 0 Å². The Morgan fingerprint density at radius 3 is 2.64 bits per heavy atom. The number of nitrogens with zero attached hydrogens (tertiary/aromatic N) is 1. The maximum Gasteiger partial charge on any atom is 0.0635 e. The van der Waals surface area contributed by atoms with Crippen LogP contribution in [0, 0.1) is 11.3 Å². The summed E-state index contributed by atoms with van der Waals surface area (Å²) >= 11 is 1.84. The van der Waals surface area contributed by atoms with Crippen molar-refractivity contribution in [1.82, 2.24) is 5.32 Å². The Labute approximate surface area is 73.4 Å². The summed E-state index contributed by atoms with van der Waals surface area (Å²) in [6.45, 7) is 6.16. The minimum atomic E-state index is 0.287. The third-order valence-corrected chi connectivity index (χ3v) is 2.77. The lowest BCUT2D eigenvalue weighted by Crippen LogP contribution is -2.32. The van der Waals surface area contributed by atoms with E-state index < -0.39 is 0 Å². The SMILES string of the molecule is CSC(C)(C)CNCCC#N. The normalized spacial score (nSPS) is 11.1. The Balaban J connectivity index is 3.32. The lowest BCUT2D eigenvalue weighted by molar-refractivity contribution is 0.597. The van der Waals surface area contributed by atoms with Crippen LogP contribution in [0.3, 0.4) is 0 Å². The van der Waals surface area contributed by atoms with Crippen molar-refractivity contribution in [2.45, 2.75) is 25.0 Å². The molecule has 0 radical (unpaired) electrons. The standard InChI is InChI=1S/C8H16N2S/c1-8(2,11-3)7-10-6-4-5-9/h10H,4,6-7H2,1-3H3. The molecule has 0 atom stereocenters. The molecule has 0 amide bonds. The van der Waals surface area contributed by atoms with Crippen molar-refractivity contribution in [3.8, 4) is 6.07 Å². The Bertz CT molecular complexity index is 138. The highest BCUT2D eigenvalue weighted by Crippen LogP contribution is 2.19. The van der Waals surface area contributed by atoms with E-state index >= 15 is 0 Å². The zero-order valence-electron chi connectivity index (χ0n) is 7.48. The van der Waals surface area contributed by atoms with E-state index in [2.05, 4.69) is 31.5 Å². The van der Waals surface area contributed by atoms with Gasteiger partial charge < -0.3 is 5.32 Å². The Morgan fingerprint density at radius 2 is 2.18 bits per heavy atom. The second-order valence-electron chi connectivity index (χ2n) is 3.05. The summed E-state index contributed by atoms with van der Waals surface area (Å²) in [5.41, 5.74) is 0. The fourth-order valence-electron chi connectivity index (χ4n) is 0.606. The monoisotopic (exact) mass is 172 g/mol. The van der Waals surface area contributed by atoms with Crippen LogP contribution in [-0.4, -0.2) is 24.1 Å². The molecule has 2 nitrogen and oxygen atoms in total. The number of nitrogens with one attached hydrogen (secondary N) is 1. The molecular formula is C8H16N2S. The van der Waals surface area contributed by atoms with Crippen molar-refractivity contribution in [3.63, 3.8) is 0 Å². The molecule has 0 aromatic heterocycles. The first-order valence-electron chi connectivity index (χ1n) is 3.75.